The number of halogens is 1. The van der Waals surface area contributed by atoms with Gasteiger partial charge in [-0.3, -0.25) is 4.98 Å². The first-order chi connectivity index (χ1) is 15.0. The summed E-state index contributed by atoms with van der Waals surface area (Å²) in [4.78, 5) is 13.6. The number of rotatable bonds is 5. The summed E-state index contributed by atoms with van der Waals surface area (Å²) in [7, 11) is 0. The third-order valence-electron chi connectivity index (χ3n) is 4.88. The molecule has 3 heterocycles. The molecule has 1 aromatic carbocycles. The van der Waals surface area contributed by atoms with Gasteiger partial charge in [-0.15, -0.1) is 11.3 Å². The van der Waals surface area contributed by atoms with Crippen molar-refractivity contribution in [3.05, 3.63) is 77.1 Å². The fourth-order valence-electron chi connectivity index (χ4n) is 3.28. The summed E-state index contributed by atoms with van der Waals surface area (Å²) < 4.78 is 14.1. The van der Waals surface area contributed by atoms with Crippen LogP contribution in [-0.4, -0.2) is 27.2 Å². The van der Waals surface area contributed by atoms with Crippen molar-refractivity contribution < 1.29 is 4.39 Å². The maximum Gasteiger partial charge on any atom is 0.160 e. The standard InChI is InChI=1S/C24H22FN5S/c1-15(25)7-8-18-14-31-23-21(18)29-24(17-9-11-28-12-10-17)30-22(23)20(27)19(26)13-16-5-3-2-4-6-16/h2-6,9-12,14-15,19-20H,13,26-27H2,1H3. The second-order valence-electron chi connectivity index (χ2n) is 7.26. The van der Waals surface area contributed by atoms with Gasteiger partial charge >= 0.3 is 0 Å². The quantitative estimate of drug-likeness (QED) is 0.466. The highest BCUT2D eigenvalue weighted by Crippen LogP contribution is 2.32. The van der Waals surface area contributed by atoms with Crippen LogP contribution >= 0.6 is 11.3 Å². The first kappa shape index (κ1) is 21.1. The smallest absolute Gasteiger partial charge is 0.160 e. The average molecular weight is 432 g/mol. The Balaban J connectivity index is 1.80. The lowest BCUT2D eigenvalue weighted by Crippen LogP contribution is -2.36. The van der Waals surface area contributed by atoms with Crippen LogP contribution in [0.3, 0.4) is 0 Å². The molecular formula is C24H22FN5S. The van der Waals surface area contributed by atoms with E-state index in [0.29, 0.717) is 29.0 Å². The Labute approximate surface area is 184 Å². The Morgan fingerprint density at radius 2 is 1.81 bits per heavy atom. The molecule has 0 spiro atoms. The van der Waals surface area contributed by atoms with Crippen LogP contribution in [0.5, 0.6) is 0 Å². The summed E-state index contributed by atoms with van der Waals surface area (Å²) >= 11 is 1.45. The Bertz CT molecular complexity index is 1230. The molecule has 4 rings (SSSR count). The second kappa shape index (κ2) is 9.31. The predicted molar refractivity (Wildman–Crippen MR) is 123 cm³/mol. The SMILES string of the molecule is CC(F)C#Cc1csc2c(C(N)C(N)Cc3ccccc3)nc(-c3ccncc3)nc12. The van der Waals surface area contributed by atoms with Crippen LogP contribution in [0.4, 0.5) is 4.39 Å². The van der Waals surface area contributed by atoms with Crippen molar-refractivity contribution in [1.29, 1.82) is 0 Å². The fraction of sp³-hybridized carbons (Fsp3) is 0.208. The minimum atomic E-state index is -1.22. The molecule has 0 saturated carbocycles. The van der Waals surface area contributed by atoms with E-state index in [9.17, 15) is 4.39 Å². The van der Waals surface area contributed by atoms with Gasteiger partial charge in [0.2, 0.25) is 0 Å². The molecule has 31 heavy (non-hydrogen) atoms. The van der Waals surface area contributed by atoms with E-state index in [1.165, 1.54) is 18.3 Å². The van der Waals surface area contributed by atoms with E-state index >= 15 is 0 Å². The molecule has 3 aromatic heterocycles. The van der Waals surface area contributed by atoms with E-state index < -0.39 is 12.2 Å². The molecule has 7 heteroatoms. The number of nitrogens with zero attached hydrogens (tertiary/aromatic N) is 3. The number of thiophene rings is 1. The van der Waals surface area contributed by atoms with E-state index in [-0.39, 0.29) is 6.04 Å². The van der Waals surface area contributed by atoms with Gasteiger partial charge in [0.25, 0.3) is 0 Å². The normalized spacial score (nSPS) is 13.9. The summed E-state index contributed by atoms with van der Waals surface area (Å²) in [6, 6.07) is 12.8. The van der Waals surface area contributed by atoms with Gasteiger partial charge in [-0.25, -0.2) is 14.4 Å². The summed E-state index contributed by atoms with van der Waals surface area (Å²) in [6.07, 6.45) is 2.76. The molecule has 5 nitrogen and oxygen atoms in total. The second-order valence-corrected chi connectivity index (χ2v) is 8.14. The highest BCUT2D eigenvalue weighted by atomic mass is 32.1. The molecule has 0 aliphatic carbocycles. The van der Waals surface area contributed by atoms with Crippen LogP contribution in [0, 0.1) is 11.8 Å². The number of aromatic nitrogens is 3. The van der Waals surface area contributed by atoms with Crippen molar-refractivity contribution in [3.8, 4) is 23.2 Å². The Morgan fingerprint density at radius 3 is 2.52 bits per heavy atom. The highest BCUT2D eigenvalue weighted by Gasteiger charge is 2.23. The Kier molecular flexibility index (Phi) is 6.33. The first-order valence-corrected chi connectivity index (χ1v) is 10.8. The molecule has 4 N–H and O–H groups in total. The van der Waals surface area contributed by atoms with Crippen molar-refractivity contribution in [2.24, 2.45) is 11.5 Å². The third kappa shape index (κ3) is 4.78. The highest BCUT2D eigenvalue weighted by molar-refractivity contribution is 7.17. The number of benzene rings is 1. The summed E-state index contributed by atoms with van der Waals surface area (Å²) in [5.74, 6) is 5.97. The summed E-state index contributed by atoms with van der Waals surface area (Å²) in [5, 5.41) is 1.87. The molecule has 0 fully saturated rings. The topological polar surface area (TPSA) is 90.7 Å². The zero-order chi connectivity index (χ0) is 21.8. The number of alkyl halides is 1. The van der Waals surface area contributed by atoms with Crippen LogP contribution in [0.15, 0.2) is 60.2 Å². The number of fused-ring (bicyclic) bond motifs is 1. The monoisotopic (exact) mass is 431 g/mol. The summed E-state index contributed by atoms with van der Waals surface area (Å²) in [5.41, 5.74) is 17.0. The van der Waals surface area contributed by atoms with Crippen molar-refractivity contribution in [1.82, 2.24) is 15.0 Å². The molecule has 0 radical (unpaired) electrons. The molecule has 156 valence electrons. The largest absolute Gasteiger partial charge is 0.326 e. The van der Waals surface area contributed by atoms with E-state index in [0.717, 1.165) is 15.8 Å². The van der Waals surface area contributed by atoms with Crippen molar-refractivity contribution >= 4 is 21.6 Å². The Morgan fingerprint density at radius 1 is 1.06 bits per heavy atom. The molecule has 0 aliphatic heterocycles. The van der Waals surface area contributed by atoms with Crippen LogP contribution < -0.4 is 11.5 Å². The summed E-state index contributed by atoms with van der Waals surface area (Å²) in [6.45, 7) is 1.41. The average Bonchev–Trinajstić information content (AvgIpc) is 3.21. The molecule has 4 aromatic rings. The molecule has 0 aliphatic rings. The predicted octanol–water partition coefficient (Wildman–Crippen LogP) is 4.03. The van der Waals surface area contributed by atoms with Gasteiger partial charge in [0.1, 0.15) is 5.52 Å². The molecule has 0 amide bonds. The number of nitrogens with two attached hydrogens (primary N) is 2. The van der Waals surface area contributed by atoms with E-state index in [1.807, 2.05) is 47.8 Å². The zero-order valence-corrected chi connectivity index (χ0v) is 17.8. The molecule has 0 bridgehead atoms. The van der Waals surface area contributed by atoms with E-state index in [2.05, 4.69) is 16.8 Å². The minimum Gasteiger partial charge on any atom is -0.326 e. The molecular weight excluding hydrogens is 409 g/mol. The van der Waals surface area contributed by atoms with Crippen LogP contribution in [0.1, 0.15) is 29.8 Å². The van der Waals surface area contributed by atoms with Crippen molar-refractivity contribution in [3.63, 3.8) is 0 Å². The maximum atomic E-state index is 13.3. The Hall–Kier alpha value is -3.18. The van der Waals surface area contributed by atoms with Crippen molar-refractivity contribution in [2.45, 2.75) is 31.6 Å². The number of hydrogen-bond donors (Lipinski definition) is 2. The first-order valence-electron chi connectivity index (χ1n) is 9.93. The van der Waals surface area contributed by atoms with Gasteiger partial charge < -0.3 is 11.5 Å². The van der Waals surface area contributed by atoms with Crippen molar-refractivity contribution in [2.75, 3.05) is 0 Å². The van der Waals surface area contributed by atoms with E-state index in [4.69, 9.17) is 21.4 Å². The lowest BCUT2D eigenvalue weighted by Gasteiger charge is -2.20. The lowest BCUT2D eigenvalue weighted by molar-refractivity contribution is 0.443. The zero-order valence-electron chi connectivity index (χ0n) is 17.0. The maximum absolute atomic E-state index is 13.3. The molecule has 3 atom stereocenters. The van der Waals surface area contributed by atoms with Crippen LogP contribution in [0.25, 0.3) is 21.6 Å². The van der Waals surface area contributed by atoms with Crippen LogP contribution in [-0.2, 0) is 6.42 Å². The van der Waals surface area contributed by atoms with Gasteiger partial charge in [-0.05, 0) is 31.0 Å². The fourth-order valence-corrected chi connectivity index (χ4v) is 4.25. The van der Waals surface area contributed by atoms with Crippen LogP contribution in [0.2, 0.25) is 0 Å². The van der Waals surface area contributed by atoms with E-state index in [1.54, 1.807) is 12.4 Å². The molecule has 0 saturated heterocycles. The third-order valence-corrected chi connectivity index (χ3v) is 5.87. The lowest BCUT2D eigenvalue weighted by atomic mass is 9.98. The van der Waals surface area contributed by atoms with Gasteiger partial charge in [-0.2, -0.15) is 0 Å². The number of hydrogen-bond acceptors (Lipinski definition) is 6. The minimum absolute atomic E-state index is 0.340. The van der Waals surface area contributed by atoms with Gasteiger partial charge in [-0.1, -0.05) is 42.2 Å². The molecule has 3 unspecified atom stereocenters. The van der Waals surface area contributed by atoms with Gasteiger partial charge in [0.15, 0.2) is 12.0 Å². The van der Waals surface area contributed by atoms with Gasteiger partial charge in [0.05, 0.1) is 22.0 Å². The number of pyridine rings is 1. The van der Waals surface area contributed by atoms with Gasteiger partial charge in [0, 0.05) is 29.4 Å².